The van der Waals surface area contributed by atoms with E-state index in [0.717, 1.165) is 16.9 Å². The van der Waals surface area contributed by atoms with Crippen molar-refractivity contribution in [3.63, 3.8) is 0 Å². The quantitative estimate of drug-likeness (QED) is 0.323. The van der Waals surface area contributed by atoms with E-state index >= 15 is 0 Å². The Kier molecular flexibility index (Phi) is 8.62. The van der Waals surface area contributed by atoms with E-state index in [4.69, 9.17) is 4.74 Å². The van der Waals surface area contributed by atoms with Gasteiger partial charge in [0.2, 0.25) is 11.8 Å². The highest BCUT2D eigenvalue weighted by atomic mass is 32.2. The number of hydrogen-bond acceptors (Lipinski definition) is 9. The maximum Gasteiger partial charge on any atom is 0.348 e. The summed E-state index contributed by atoms with van der Waals surface area (Å²) in [6.45, 7) is 7.56. The molecule has 0 aliphatic carbocycles. The van der Waals surface area contributed by atoms with Gasteiger partial charge in [-0.15, -0.1) is 21.5 Å². The van der Waals surface area contributed by atoms with Gasteiger partial charge in [0.05, 0.1) is 17.9 Å². The number of aromatic nitrogens is 3. The van der Waals surface area contributed by atoms with Crippen LogP contribution in [0.1, 0.15) is 41.6 Å². The van der Waals surface area contributed by atoms with E-state index in [-0.39, 0.29) is 29.7 Å². The van der Waals surface area contributed by atoms with Gasteiger partial charge in [-0.2, -0.15) is 5.26 Å². The molecule has 0 saturated carbocycles. The van der Waals surface area contributed by atoms with E-state index in [1.807, 2.05) is 29.7 Å². The average Bonchev–Trinajstić information content (AvgIpc) is 3.38. The molecule has 0 fully saturated rings. The first-order valence-corrected chi connectivity index (χ1v) is 12.5. The summed E-state index contributed by atoms with van der Waals surface area (Å²) in [5, 5.41) is 24.3. The number of benzene rings is 1. The molecule has 0 saturated heterocycles. The molecule has 0 bridgehead atoms. The first-order chi connectivity index (χ1) is 16.8. The van der Waals surface area contributed by atoms with Crippen molar-refractivity contribution >= 4 is 51.6 Å². The van der Waals surface area contributed by atoms with Crippen molar-refractivity contribution in [3.8, 4) is 17.5 Å². The van der Waals surface area contributed by atoms with Crippen molar-refractivity contribution in [1.29, 1.82) is 5.26 Å². The van der Waals surface area contributed by atoms with Gasteiger partial charge in [0.15, 0.2) is 11.0 Å². The number of rotatable bonds is 9. The highest BCUT2D eigenvalue weighted by molar-refractivity contribution is 7.99. The van der Waals surface area contributed by atoms with Crippen LogP contribution in [0, 0.1) is 18.3 Å². The van der Waals surface area contributed by atoms with Crippen LogP contribution in [0.2, 0.25) is 0 Å². The highest BCUT2D eigenvalue weighted by Gasteiger charge is 2.22. The molecule has 0 unspecified atom stereocenters. The average molecular weight is 513 g/mol. The van der Waals surface area contributed by atoms with Crippen molar-refractivity contribution in [2.45, 2.75) is 39.4 Å². The Morgan fingerprint density at radius 2 is 1.89 bits per heavy atom. The van der Waals surface area contributed by atoms with E-state index in [0.29, 0.717) is 38.7 Å². The van der Waals surface area contributed by atoms with Crippen LogP contribution >= 0.6 is 23.1 Å². The van der Waals surface area contributed by atoms with Gasteiger partial charge >= 0.3 is 5.97 Å². The Morgan fingerprint density at radius 3 is 2.49 bits per heavy atom. The smallest absolute Gasteiger partial charge is 0.348 e. The van der Waals surface area contributed by atoms with Gasteiger partial charge in [0.1, 0.15) is 15.9 Å². The Balaban J connectivity index is 1.71. The number of nitriles is 1. The molecule has 10 nitrogen and oxygen atoms in total. The first kappa shape index (κ1) is 25.9. The summed E-state index contributed by atoms with van der Waals surface area (Å²) in [6, 6.07) is 9.29. The molecule has 0 aliphatic rings. The molecule has 0 aliphatic heterocycles. The lowest BCUT2D eigenvalue weighted by Crippen LogP contribution is -2.14. The molecule has 0 spiro atoms. The van der Waals surface area contributed by atoms with Gasteiger partial charge in [-0.3, -0.25) is 9.59 Å². The molecule has 2 amide bonds. The summed E-state index contributed by atoms with van der Waals surface area (Å²) >= 11 is 2.24. The second kappa shape index (κ2) is 11.6. The Bertz CT molecular complexity index is 1290. The van der Waals surface area contributed by atoms with Gasteiger partial charge in [0.25, 0.3) is 0 Å². The summed E-state index contributed by atoms with van der Waals surface area (Å²) in [5.74, 6) is -0.325. The van der Waals surface area contributed by atoms with Gasteiger partial charge in [-0.05, 0) is 50.6 Å². The molecular formula is C23H24N6O4S2. The van der Waals surface area contributed by atoms with Crippen LogP contribution in [0.5, 0.6) is 0 Å². The highest BCUT2D eigenvalue weighted by Crippen LogP contribution is 2.33. The molecule has 182 valence electrons. The second-order valence-electron chi connectivity index (χ2n) is 7.24. The van der Waals surface area contributed by atoms with Crippen LogP contribution in [0.15, 0.2) is 29.4 Å². The van der Waals surface area contributed by atoms with Gasteiger partial charge in [0, 0.05) is 24.7 Å². The minimum Gasteiger partial charge on any atom is -0.462 e. The number of amides is 2. The van der Waals surface area contributed by atoms with E-state index < -0.39 is 5.97 Å². The van der Waals surface area contributed by atoms with Gasteiger partial charge in [-0.25, -0.2) is 4.79 Å². The number of thioether (sulfide) groups is 1. The maximum atomic E-state index is 12.6. The molecule has 3 aromatic rings. The van der Waals surface area contributed by atoms with Crippen molar-refractivity contribution in [2.75, 3.05) is 23.0 Å². The summed E-state index contributed by atoms with van der Waals surface area (Å²) in [7, 11) is 0. The largest absolute Gasteiger partial charge is 0.462 e. The predicted molar refractivity (Wildman–Crippen MR) is 135 cm³/mol. The molecule has 35 heavy (non-hydrogen) atoms. The lowest BCUT2D eigenvalue weighted by molar-refractivity contribution is -0.114. The van der Waals surface area contributed by atoms with Crippen LogP contribution in [-0.4, -0.2) is 44.9 Å². The summed E-state index contributed by atoms with van der Waals surface area (Å²) in [4.78, 5) is 36.3. The van der Waals surface area contributed by atoms with E-state index in [1.54, 1.807) is 26.0 Å². The van der Waals surface area contributed by atoms with E-state index in [9.17, 15) is 19.6 Å². The maximum absolute atomic E-state index is 12.6. The zero-order valence-electron chi connectivity index (χ0n) is 19.7. The van der Waals surface area contributed by atoms with Crippen molar-refractivity contribution in [2.24, 2.45) is 0 Å². The number of nitrogens with zero attached hydrogens (tertiary/aromatic N) is 4. The van der Waals surface area contributed by atoms with Crippen molar-refractivity contribution in [3.05, 3.63) is 40.3 Å². The first-order valence-electron chi connectivity index (χ1n) is 10.7. The SMILES string of the molecule is CCOC(=O)c1sc(NC(=O)CSc2nnc(-c3ccc(NC(C)=O)cc3)n2CC)c(C#N)c1C. The standard InChI is InChI=1S/C23H24N6O4S2/c1-5-29-20(15-7-9-16(10-8-15)25-14(4)30)27-28-23(29)34-12-18(31)26-21-17(11-24)13(3)19(35-21)22(32)33-6-2/h7-10H,5-6,12H2,1-4H3,(H,25,30)(H,26,31). The van der Waals surface area contributed by atoms with Crippen LogP contribution in [0.25, 0.3) is 11.4 Å². The van der Waals surface area contributed by atoms with Crippen LogP contribution in [-0.2, 0) is 20.9 Å². The molecule has 2 aromatic heterocycles. The number of anilines is 2. The topological polar surface area (TPSA) is 139 Å². The summed E-state index contributed by atoms with van der Waals surface area (Å²) < 4.78 is 6.92. The van der Waals surface area contributed by atoms with E-state index in [2.05, 4.69) is 20.8 Å². The van der Waals surface area contributed by atoms with Gasteiger partial charge in [-0.1, -0.05) is 11.8 Å². The van der Waals surface area contributed by atoms with Crippen LogP contribution < -0.4 is 10.6 Å². The minimum atomic E-state index is -0.518. The minimum absolute atomic E-state index is 0.0379. The molecule has 3 rings (SSSR count). The fourth-order valence-corrected chi connectivity index (χ4v) is 5.09. The fourth-order valence-electron chi connectivity index (χ4n) is 3.22. The number of carbonyl (C=O) groups is 3. The lowest BCUT2D eigenvalue weighted by Gasteiger charge is -2.08. The monoisotopic (exact) mass is 512 g/mol. The number of carbonyl (C=O) groups excluding carboxylic acids is 3. The predicted octanol–water partition coefficient (Wildman–Crippen LogP) is 4.07. The normalized spacial score (nSPS) is 10.5. The molecule has 0 atom stereocenters. The fraction of sp³-hybridized carbons (Fsp3) is 0.304. The number of thiophene rings is 1. The molecule has 0 radical (unpaired) electrons. The van der Waals surface area contributed by atoms with Crippen molar-refractivity contribution in [1.82, 2.24) is 14.8 Å². The zero-order chi connectivity index (χ0) is 25.5. The second-order valence-corrected chi connectivity index (χ2v) is 9.20. The van der Waals surface area contributed by atoms with Crippen LogP contribution in [0.3, 0.4) is 0 Å². The molecule has 2 heterocycles. The summed E-state index contributed by atoms with van der Waals surface area (Å²) in [5.41, 5.74) is 2.24. The van der Waals surface area contributed by atoms with Crippen molar-refractivity contribution < 1.29 is 19.1 Å². The summed E-state index contributed by atoms with van der Waals surface area (Å²) in [6.07, 6.45) is 0. The molecular weight excluding hydrogens is 488 g/mol. The molecule has 2 N–H and O–H groups in total. The number of nitrogens with one attached hydrogen (secondary N) is 2. The number of ether oxygens (including phenoxy) is 1. The third-order valence-corrected chi connectivity index (χ3v) is 6.96. The third-order valence-electron chi connectivity index (χ3n) is 4.80. The Morgan fingerprint density at radius 1 is 1.17 bits per heavy atom. The number of hydrogen-bond donors (Lipinski definition) is 2. The van der Waals surface area contributed by atoms with Crippen LogP contribution in [0.4, 0.5) is 10.7 Å². The number of esters is 1. The lowest BCUT2D eigenvalue weighted by atomic mass is 10.2. The van der Waals surface area contributed by atoms with E-state index in [1.165, 1.54) is 18.7 Å². The van der Waals surface area contributed by atoms with Gasteiger partial charge < -0.3 is 19.9 Å². The Hall–Kier alpha value is -3.69. The Labute approximate surface area is 210 Å². The molecule has 12 heteroatoms. The third kappa shape index (κ3) is 6.06. The zero-order valence-corrected chi connectivity index (χ0v) is 21.3. The molecule has 1 aromatic carbocycles.